The molecule has 0 aliphatic carbocycles. The Balaban J connectivity index is 2.14. The zero-order valence-electron chi connectivity index (χ0n) is 10.1. The van der Waals surface area contributed by atoms with Crippen molar-refractivity contribution in [1.29, 1.82) is 0 Å². The monoisotopic (exact) mass is 421 g/mol. The van der Waals surface area contributed by atoms with E-state index in [0.29, 0.717) is 16.6 Å². The number of hydrogen-bond donors (Lipinski definition) is 1. The molecule has 2 rings (SSSR count). The molecular formula is C14H11Br2Cl2N. The lowest BCUT2D eigenvalue weighted by molar-refractivity contribution is 1.14. The molecule has 0 aliphatic rings. The van der Waals surface area contributed by atoms with E-state index in [2.05, 4.69) is 56.2 Å². The SMILES string of the molecule is Cc1cc(CNc2ccc(Br)c(Cl)c2Cl)ccc1Br. The molecule has 0 radical (unpaired) electrons. The second-order valence-electron chi connectivity index (χ2n) is 4.16. The van der Waals surface area contributed by atoms with Crippen LogP contribution in [0.3, 0.4) is 0 Å². The zero-order chi connectivity index (χ0) is 14.0. The van der Waals surface area contributed by atoms with Gasteiger partial charge < -0.3 is 5.32 Å². The number of rotatable bonds is 3. The summed E-state index contributed by atoms with van der Waals surface area (Å²) in [6.45, 7) is 2.77. The first-order valence-electron chi connectivity index (χ1n) is 5.61. The molecule has 100 valence electrons. The topological polar surface area (TPSA) is 12.0 Å². The largest absolute Gasteiger partial charge is 0.380 e. The summed E-state index contributed by atoms with van der Waals surface area (Å²) >= 11 is 19.1. The molecule has 0 saturated heterocycles. The van der Waals surface area contributed by atoms with Crippen molar-refractivity contribution in [2.75, 3.05) is 5.32 Å². The highest BCUT2D eigenvalue weighted by Crippen LogP contribution is 2.36. The van der Waals surface area contributed by atoms with Crippen molar-refractivity contribution < 1.29 is 0 Å². The molecule has 19 heavy (non-hydrogen) atoms. The Kier molecular flexibility index (Phi) is 5.18. The molecule has 1 N–H and O–H groups in total. The van der Waals surface area contributed by atoms with Crippen LogP contribution < -0.4 is 5.32 Å². The van der Waals surface area contributed by atoms with E-state index in [1.807, 2.05) is 18.2 Å². The molecule has 2 aromatic carbocycles. The maximum Gasteiger partial charge on any atom is 0.0835 e. The summed E-state index contributed by atoms with van der Waals surface area (Å²) in [6.07, 6.45) is 0. The Morgan fingerprint density at radius 1 is 1.00 bits per heavy atom. The van der Waals surface area contributed by atoms with Crippen molar-refractivity contribution in [3.05, 3.63) is 60.4 Å². The Morgan fingerprint density at radius 2 is 1.68 bits per heavy atom. The summed E-state index contributed by atoms with van der Waals surface area (Å²) < 4.78 is 1.91. The van der Waals surface area contributed by atoms with E-state index < -0.39 is 0 Å². The highest BCUT2D eigenvalue weighted by Gasteiger charge is 2.08. The van der Waals surface area contributed by atoms with E-state index in [-0.39, 0.29) is 0 Å². The van der Waals surface area contributed by atoms with Crippen LogP contribution in [0.2, 0.25) is 10.0 Å². The number of benzene rings is 2. The van der Waals surface area contributed by atoms with Crippen LogP contribution in [0, 0.1) is 6.92 Å². The number of halogens is 4. The van der Waals surface area contributed by atoms with Gasteiger partial charge in [-0.3, -0.25) is 0 Å². The molecule has 0 amide bonds. The molecule has 0 spiro atoms. The third-order valence-corrected chi connectivity index (χ3v) is 5.40. The van der Waals surface area contributed by atoms with Gasteiger partial charge in [0.15, 0.2) is 0 Å². The molecule has 0 unspecified atom stereocenters. The van der Waals surface area contributed by atoms with Gasteiger partial charge in [-0.15, -0.1) is 0 Å². The van der Waals surface area contributed by atoms with Crippen molar-refractivity contribution in [3.63, 3.8) is 0 Å². The standard InChI is InChI=1S/C14H11Br2Cl2N/c1-8-6-9(2-3-10(8)15)7-19-12-5-4-11(16)13(17)14(12)18/h2-6,19H,7H2,1H3. The Labute approximate surface area is 139 Å². The quantitative estimate of drug-likeness (QED) is 0.560. The Bertz CT molecular complexity index is 615. The lowest BCUT2D eigenvalue weighted by atomic mass is 10.1. The van der Waals surface area contributed by atoms with Gasteiger partial charge in [-0.1, -0.05) is 51.3 Å². The van der Waals surface area contributed by atoms with Crippen LogP contribution in [-0.4, -0.2) is 0 Å². The van der Waals surface area contributed by atoms with Crippen LogP contribution in [-0.2, 0) is 6.54 Å². The molecule has 0 atom stereocenters. The molecule has 0 aromatic heterocycles. The lowest BCUT2D eigenvalue weighted by Gasteiger charge is -2.11. The maximum atomic E-state index is 6.19. The smallest absolute Gasteiger partial charge is 0.0835 e. The van der Waals surface area contributed by atoms with Crippen molar-refractivity contribution in [2.24, 2.45) is 0 Å². The first-order chi connectivity index (χ1) is 8.99. The van der Waals surface area contributed by atoms with Crippen molar-refractivity contribution in [1.82, 2.24) is 0 Å². The van der Waals surface area contributed by atoms with E-state index in [1.54, 1.807) is 0 Å². The summed E-state index contributed by atoms with van der Waals surface area (Å²) in [4.78, 5) is 0. The van der Waals surface area contributed by atoms with Gasteiger partial charge >= 0.3 is 0 Å². The Hall–Kier alpha value is -0.220. The van der Waals surface area contributed by atoms with Crippen LogP contribution in [0.15, 0.2) is 39.3 Å². The minimum Gasteiger partial charge on any atom is -0.380 e. The summed E-state index contributed by atoms with van der Waals surface area (Å²) in [6, 6.07) is 10.0. The van der Waals surface area contributed by atoms with Crippen LogP contribution in [0.25, 0.3) is 0 Å². The van der Waals surface area contributed by atoms with Crippen LogP contribution in [0.1, 0.15) is 11.1 Å². The van der Waals surface area contributed by atoms with Gasteiger partial charge in [0.1, 0.15) is 0 Å². The zero-order valence-corrected chi connectivity index (χ0v) is 14.8. The predicted molar refractivity (Wildman–Crippen MR) is 90.4 cm³/mol. The van der Waals surface area contributed by atoms with Gasteiger partial charge in [0.2, 0.25) is 0 Å². The summed E-state index contributed by atoms with van der Waals surface area (Å²) in [5.74, 6) is 0. The lowest BCUT2D eigenvalue weighted by Crippen LogP contribution is -2.00. The van der Waals surface area contributed by atoms with Crippen molar-refractivity contribution in [3.8, 4) is 0 Å². The van der Waals surface area contributed by atoms with E-state index in [9.17, 15) is 0 Å². The molecule has 0 saturated carbocycles. The van der Waals surface area contributed by atoms with E-state index in [4.69, 9.17) is 23.2 Å². The second kappa shape index (κ2) is 6.49. The third kappa shape index (κ3) is 3.66. The molecule has 1 nitrogen and oxygen atoms in total. The minimum atomic E-state index is 0.527. The number of aryl methyl sites for hydroxylation is 1. The van der Waals surface area contributed by atoms with E-state index in [1.165, 1.54) is 11.1 Å². The highest BCUT2D eigenvalue weighted by atomic mass is 79.9. The fraction of sp³-hybridized carbons (Fsp3) is 0.143. The average molecular weight is 424 g/mol. The fourth-order valence-corrected chi connectivity index (χ4v) is 2.76. The minimum absolute atomic E-state index is 0.527. The molecule has 0 heterocycles. The first-order valence-corrected chi connectivity index (χ1v) is 7.95. The number of hydrogen-bond acceptors (Lipinski definition) is 1. The van der Waals surface area contributed by atoms with Gasteiger partial charge in [0, 0.05) is 15.5 Å². The Morgan fingerprint density at radius 3 is 2.37 bits per heavy atom. The maximum absolute atomic E-state index is 6.19. The van der Waals surface area contributed by atoms with Crippen LogP contribution in [0.4, 0.5) is 5.69 Å². The van der Waals surface area contributed by atoms with Crippen molar-refractivity contribution in [2.45, 2.75) is 13.5 Å². The van der Waals surface area contributed by atoms with Crippen molar-refractivity contribution >= 4 is 60.7 Å². The van der Waals surface area contributed by atoms with E-state index in [0.717, 1.165) is 14.6 Å². The second-order valence-corrected chi connectivity index (χ2v) is 6.62. The average Bonchev–Trinajstić information content (AvgIpc) is 2.39. The molecule has 0 fully saturated rings. The number of anilines is 1. The van der Waals surface area contributed by atoms with Gasteiger partial charge in [0.25, 0.3) is 0 Å². The molecule has 2 aromatic rings. The van der Waals surface area contributed by atoms with Crippen LogP contribution >= 0.6 is 55.1 Å². The van der Waals surface area contributed by atoms with Crippen LogP contribution in [0.5, 0.6) is 0 Å². The predicted octanol–water partition coefficient (Wildman–Crippen LogP) is 6.44. The molecule has 0 aliphatic heterocycles. The van der Waals surface area contributed by atoms with Gasteiger partial charge in [-0.2, -0.15) is 0 Å². The number of nitrogens with one attached hydrogen (secondary N) is 1. The molecule has 0 bridgehead atoms. The summed E-state index contributed by atoms with van der Waals surface area (Å²) in [5.41, 5.74) is 3.23. The molecule has 5 heteroatoms. The normalized spacial score (nSPS) is 10.6. The van der Waals surface area contributed by atoms with E-state index >= 15 is 0 Å². The van der Waals surface area contributed by atoms with Gasteiger partial charge in [-0.25, -0.2) is 0 Å². The molecular weight excluding hydrogens is 413 g/mol. The van der Waals surface area contributed by atoms with Gasteiger partial charge in [0.05, 0.1) is 15.7 Å². The fourth-order valence-electron chi connectivity index (χ4n) is 1.68. The van der Waals surface area contributed by atoms with Gasteiger partial charge in [-0.05, 0) is 52.2 Å². The highest BCUT2D eigenvalue weighted by molar-refractivity contribution is 9.10. The summed E-state index contributed by atoms with van der Waals surface area (Å²) in [7, 11) is 0. The summed E-state index contributed by atoms with van der Waals surface area (Å²) in [5, 5.41) is 4.35. The first kappa shape index (κ1) is 15.2. The third-order valence-electron chi connectivity index (χ3n) is 2.74.